The highest BCUT2D eigenvalue weighted by Gasteiger charge is 2.26. The zero-order valence-corrected chi connectivity index (χ0v) is 15.1. The summed E-state index contributed by atoms with van der Waals surface area (Å²) in [5.41, 5.74) is 6.28. The van der Waals surface area contributed by atoms with E-state index >= 15 is 0 Å². The molecule has 142 valence electrons. The fraction of sp³-hybridized carbons (Fsp3) is 0.526. The maximum absolute atomic E-state index is 12.5. The third-order valence-electron chi connectivity index (χ3n) is 4.50. The Labute approximate surface area is 154 Å². The molecule has 0 bridgehead atoms. The van der Waals surface area contributed by atoms with Crippen LogP contribution in [0, 0.1) is 0 Å². The minimum absolute atomic E-state index is 0.0150. The van der Waals surface area contributed by atoms with Gasteiger partial charge in [-0.05, 0) is 24.8 Å². The van der Waals surface area contributed by atoms with Crippen molar-refractivity contribution in [3.8, 4) is 0 Å². The molecule has 4 N–H and O–H groups in total. The van der Waals surface area contributed by atoms with Crippen molar-refractivity contribution in [2.75, 3.05) is 26.2 Å². The lowest BCUT2D eigenvalue weighted by Crippen LogP contribution is -2.52. The van der Waals surface area contributed by atoms with Crippen molar-refractivity contribution in [3.63, 3.8) is 0 Å². The monoisotopic (exact) mass is 360 g/mol. The second-order valence-corrected chi connectivity index (χ2v) is 6.52. The average molecular weight is 360 g/mol. The Kier molecular flexibility index (Phi) is 8.08. The maximum atomic E-state index is 12.5. The lowest BCUT2D eigenvalue weighted by molar-refractivity contribution is -0.136. The van der Waals surface area contributed by atoms with Gasteiger partial charge in [-0.1, -0.05) is 30.3 Å². The van der Waals surface area contributed by atoms with E-state index in [1.54, 1.807) is 4.90 Å². The number of carbonyl (C=O) groups excluding carboxylic acids is 3. The summed E-state index contributed by atoms with van der Waals surface area (Å²) in [6.07, 6.45) is 3.37. The van der Waals surface area contributed by atoms with Gasteiger partial charge in [0, 0.05) is 32.1 Å². The van der Waals surface area contributed by atoms with Gasteiger partial charge in [0.05, 0.1) is 13.0 Å². The fourth-order valence-electron chi connectivity index (χ4n) is 3.11. The Morgan fingerprint density at radius 1 is 1.08 bits per heavy atom. The van der Waals surface area contributed by atoms with Gasteiger partial charge in [-0.3, -0.25) is 14.4 Å². The first-order valence-electron chi connectivity index (χ1n) is 9.17. The van der Waals surface area contributed by atoms with Crippen LogP contribution in [0.2, 0.25) is 0 Å². The van der Waals surface area contributed by atoms with Crippen molar-refractivity contribution >= 4 is 17.7 Å². The summed E-state index contributed by atoms with van der Waals surface area (Å²) in [5.74, 6) is -0.375. The zero-order valence-electron chi connectivity index (χ0n) is 15.1. The van der Waals surface area contributed by atoms with E-state index in [1.165, 1.54) is 0 Å². The quantitative estimate of drug-likeness (QED) is 0.615. The van der Waals surface area contributed by atoms with Gasteiger partial charge in [0.2, 0.25) is 17.7 Å². The van der Waals surface area contributed by atoms with Crippen molar-refractivity contribution in [1.82, 2.24) is 15.5 Å². The van der Waals surface area contributed by atoms with Gasteiger partial charge < -0.3 is 21.3 Å². The molecule has 3 amide bonds. The lowest BCUT2D eigenvalue weighted by Gasteiger charge is -2.36. The molecule has 1 saturated heterocycles. The Bertz CT molecular complexity index is 606. The van der Waals surface area contributed by atoms with E-state index in [0.29, 0.717) is 19.6 Å². The van der Waals surface area contributed by atoms with E-state index in [2.05, 4.69) is 10.6 Å². The number of nitrogens with one attached hydrogen (secondary N) is 2. The topological polar surface area (TPSA) is 105 Å². The summed E-state index contributed by atoms with van der Waals surface area (Å²) in [4.78, 5) is 37.9. The molecule has 1 unspecified atom stereocenters. The highest BCUT2D eigenvalue weighted by atomic mass is 16.2. The van der Waals surface area contributed by atoms with Gasteiger partial charge in [0.1, 0.15) is 0 Å². The third kappa shape index (κ3) is 6.48. The summed E-state index contributed by atoms with van der Waals surface area (Å²) >= 11 is 0. The first-order valence-corrected chi connectivity index (χ1v) is 9.17. The Morgan fingerprint density at radius 3 is 2.58 bits per heavy atom. The number of nitrogens with two attached hydrogens (primary N) is 1. The number of rotatable bonds is 8. The number of amides is 3. The molecule has 7 heteroatoms. The first kappa shape index (κ1) is 19.9. The summed E-state index contributed by atoms with van der Waals surface area (Å²) in [6, 6.07) is 9.39. The number of likely N-dealkylation sites (tertiary alicyclic amines) is 1. The van der Waals surface area contributed by atoms with Gasteiger partial charge in [-0.25, -0.2) is 0 Å². The number of hydrogen-bond donors (Lipinski definition) is 3. The normalized spacial score (nSPS) is 16.8. The van der Waals surface area contributed by atoms with Crippen LogP contribution < -0.4 is 16.4 Å². The zero-order chi connectivity index (χ0) is 18.8. The van der Waals surface area contributed by atoms with Crippen LogP contribution in [0.15, 0.2) is 30.3 Å². The number of nitrogens with zero attached hydrogens (tertiary/aromatic N) is 1. The molecule has 1 heterocycles. The third-order valence-corrected chi connectivity index (χ3v) is 4.50. The molecule has 7 nitrogen and oxygen atoms in total. The van der Waals surface area contributed by atoms with Crippen LogP contribution in [-0.2, 0) is 20.8 Å². The molecule has 1 aromatic carbocycles. The molecule has 0 aromatic heterocycles. The summed E-state index contributed by atoms with van der Waals surface area (Å²) < 4.78 is 0. The van der Waals surface area contributed by atoms with Gasteiger partial charge in [-0.2, -0.15) is 0 Å². The molecule has 1 aliphatic rings. The van der Waals surface area contributed by atoms with Crippen LogP contribution in [0.5, 0.6) is 0 Å². The van der Waals surface area contributed by atoms with E-state index in [-0.39, 0.29) is 43.1 Å². The van der Waals surface area contributed by atoms with Crippen LogP contribution >= 0.6 is 0 Å². The van der Waals surface area contributed by atoms with Crippen molar-refractivity contribution in [3.05, 3.63) is 35.9 Å². The van der Waals surface area contributed by atoms with Crippen LogP contribution in [-0.4, -0.2) is 54.8 Å². The fourth-order valence-corrected chi connectivity index (χ4v) is 3.11. The summed E-state index contributed by atoms with van der Waals surface area (Å²) in [6.45, 7) is 1.39. The minimum Gasteiger partial charge on any atom is -0.354 e. The summed E-state index contributed by atoms with van der Waals surface area (Å²) in [7, 11) is 0. The Balaban J connectivity index is 1.79. The molecule has 1 aromatic rings. The van der Waals surface area contributed by atoms with Crippen LogP contribution in [0.4, 0.5) is 0 Å². The van der Waals surface area contributed by atoms with E-state index in [4.69, 9.17) is 5.73 Å². The standard InChI is InChI=1S/C19H28N4O3/c20-10-9-17(24)21-13-16-8-4-5-11-23(16)19(26)14-22-18(25)12-15-6-2-1-3-7-15/h1-3,6-7,16H,4-5,8-14,20H2,(H,21,24)(H,22,25). The van der Waals surface area contributed by atoms with Crippen LogP contribution in [0.25, 0.3) is 0 Å². The molecule has 0 aliphatic carbocycles. The molecule has 1 aliphatic heterocycles. The second-order valence-electron chi connectivity index (χ2n) is 6.52. The highest BCUT2D eigenvalue weighted by Crippen LogP contribution is 2.16. The highest BCUT2D eigenvalue weighted by molar-refractivity contribution is 5.86. The SMILES string of the molecule is NCCC(=O)NCC1CCCCN1C(=O)CNC(=O)Cc1ccccc1. The molecule has 0 spiro atoms. The molecule has 1 atom stereocenters. The average Bonchev–Trinajstić information content (AvgIpc) is 2.66. The van der Waals surface area contributed by atoms with E-state index in [9.17, 15) is 14.4 Å². The predicted octanol–water partition coefficient (Wildman–Crippen LogP) is 0.191. The number of hydrogen-bond acceptors (Lipinski definition) is 4. The maximum Gasteiger partial charge on any atom is 0.242 e. The van der Waals surface area contributed by atoms with E-state index < -0.39 is 0 Å². The number of benzene rings is 1. The predicted molar refractivity (Wildman–Crippen MR) is 99.2 cm³/mol. The van der Waals surface area contributed by atoms with Gasteiger partial charge in [0.15, 0.2) is 0 Å². The van der Waals surface area contributed by atoms with Gasteiger partial charge >= 0.3 is 0 Å². The summed E-state index contributed by atoms with van der Waals surface area (Å²) in [5, 5.41) is 5.54. The first-order chi connectivity index (χ1) is 12.6. The molecular formula is C19H28N4O3. The smallest absolute Gasteiger partial charge is 0.242 e. The van der Waals surface area contributed by atoms with Crippen molar-refractivity contribution < 1.29 is 14.4 Å². The second kappa shape index (κ2) is 10.6. The van der Waals surface area contributed by atoms with Crippen molar-refractivity contribution in [2.45, 2.75) is 38.1 Å². The van der Waals surface area contributed by atoms with E-state index in [1.807, 2.05) is 30.3 Å². The van der Waals surface area contributed by atoms with E-state index in [0.717, 1.165) is 24.8 Å². The molecule has 0 saturated carbocycles. The van der Waals surface area contributed by atoms with Crippen molar-refractivity contribution in [1.29, 1.82) is 0 Å². The van der Waals surface area contributed by atoms with Crippen LogP contribution in [0.1, 0.15) is 31.2 Å². The van der Waals surface area contributed by atoms with Crippen molar-refractivity contribution in [2.24, 2.45) is 5.73 Å². The number of carbonyl (C=O) groups is 3. The number of piperidine rings is 1. The molecule has 1 fully saturated rings. The molecule has 0 radical (unpaired) electrons. The molecule has 2 rings (SSSR count). The van der Waals surface area contributed by atoms with Gasteiger partial charge in [-0.15, -0.1) is 0 Å². The Morgan fingerprint density at radius 2 is 1.85 bits per heavy atom. The molecular weight excluding hydrogens is 332 g/mol. The van der Waals surface area contributed by atoms with Gasteiger partial charge in [0.25, 0.3) is 0 Å². The minimum atomic E-state index is -0.172. The largest absolute Gasteiger partial charge is 0.354 e. The Hall–Kier alpha value is -2.41. The van der Waals surface area contributed by atoms with Crippen LogP contribution in [0.3, 0.4) is 0 Å². The molecule has 26 heavy (non-hydrogen) atoms. The lowest BCUT2D eigenvalue weighted by atomic mass is 10.0.